The van der Waals surface area contributed by atoms with Crippen molar-refractivity contribution in [3.05, 3.63) is 29.8 Å². The molecule has 0 bridgehead atoms. The van der Waals surface area contributed by atoms with E-state index in [1.165, 1.54) is 44.1 Å². The fourth-order valence-corrected chi connectivity index (χ4v) is 3.08. The Balaban J connectivity index is 1.96. The number of benzene rings is 1. The van der Waals surface area contributed by atoms with Gasteiger partial charge in [0.05, 0.1) is 6.10 Å². The first-order chi connectivity index (χ1) is 10.2. The monoisotopic (exact) mass is 290 g/mol. The van der Waals surface area contributed by atoms with E-state index in [0.29, 0.717) is 12.6 Å². The van der Waals surface area contributed by atoms with Crippen molar-refractivity contribution in [2.45, 2.75) is 70.6 Å². The van der Waals surface area contributed by atoms with Crippen LogP contribution in [0.2, 0.25) is 0 Å². The third-order valence-corrected chi connectivity index (χ3v) is 4.18. The molecule has 0 aliphatic heterocycles. The smallest absolute Gasteiger partial charge is 0.119 e. The molecule has 21 heavy (non-hydrogen) atoms. The number of nitrogens with two attached hydrogens (primary N) is 1. The maximum Gasteiger partial charge on any atom is 0.119 e. The number of hydrogen-bond donors (Lipinski definition) is 2. The van der Waals surface area contributed by atoms with Crippen LogP contribution in [0.4, 0.5) is 0 Å². The summed E-state index contributed by atoms with van der Waals surface area (Å²) in [4.78, 5) is 0. The second-order valence-corrected chi connectivity index (χ2v) is 6.38. The van der Waals surface area contributed by atoms with Crippen LogP contribution in [0, 0.1) is 0 Å². The molecule has 0 aromatic heterocycles. The lowest BCUT2D eigenvalue weighted by Crippen LogP contribution is -2.36. The van der Waals surface area contributed by atoms with Crippen LogP contribution in [0.15, 0.2) is 24.3 Å². The summed E-state index contributed by atoms with van der Waals surface area (Å²) in [5.74, 6) is 0.930. The van der Waals surface area contributed by atoms with Gasteiger partial charge in [-0.25, -0.2) is 0 Å². The highest BCUT2D eigenvalue weighted by molar-refractivity contribution is 5.29. The third kappa shape index (κ3) is 5.33. The lowest BCUT2D eigenvalue weighted by molar-refractivity contribution is 0.242. The van der Waals surface area contributed by atoms with E-state index in [4.69, 9.17) is 10.5 Å². The van der Waals surface area contributed by atoms with Crippen LogP contribution >= 0.6 is 0 Å². The predicted octanol–water partition coefficient (Wildman–Crippen LogP) is 3.79. The van der Waals surface area contributed by atoms with E-state index in [1.807, 2.05) is 26.0 Å². The molecule has 3 heteroatoms. The fourth-order valence-electron chi connectivity index (χ4n) is 3.08. The van der Waals surface area contributed by atoms with Crippen LogP contribution in [0.25, 0.3) is 0 Å². The number of nitrogens with one attached hydrogen (secondary N) is 1. The van der Waals surface area contributed by atoms with Crippen molar-refractivity contribution in [1.29, 1.82) is 0 Å². The minimum atomic E-state index is 0.213. The normalized spacial score (nSPS) is 18.5. The molecule has 1 aromatic carbocycles. The van der Waals surface area contributed by atoms with E-state index < -0.39 is 0 Å². The summed E-state index contributed by atoms with van der Waals surface area (Å²) in [6.07, 6.45) is 8.23. The zero-order valence-corrected chi connectivity index (χ0v) is 13.5. The Labute approximate surface area is 129 Å². The summed E-state index contributed by atoms with van der Waals surface area (Å²) in [6.45, 7) is 4.73. The van der Waals surface area contributed by atoms with Crippen molar-refractivity contribution in [1.82, 2.24) is 5.32 Å². The fraction of sp³-hybridized carbons (Fsp3) is 0.667. The highest BCUT2D eigenvalue weighted by Gasteiger charge is 2.17. The van der Waals surface area contributed by atoms with E-state index >= 15 is 0 Å². The van der Waals surface area contributed by atoms with Crippen LogP contribution in [-0.4, -0.2) is 18.7 Å². The van der Waals surface area contributed by atoms with Crippen LogP contribution < -0.4 is 15.8 Å². The molecule has 1 fully saturated rings. The van der Waals surface area contributed by atoms with E-state index in [0.717, 1.165) is 5.75 Å². The van der Waals surface area contributed by atoms with Crippen molar-refractivity contribution in [3.63, 3.8) is 0 Å². The Hall–Kier alpha value is -1.06. The van der Waals surface area contributed by atoms with Crippen molar-refractivity contribution in [3.8, 4) is 5.75 Å². The SMILES string of the molecule is CC(C)Oc1ccc(C(CN)NC2CCCCCC2)cc1. The first-order valence-corrected chi connectivity index (χ1v) is 8.41. The predicted molar refractivity (Wildman–Crippen MR) is 88.6 cm³/mol. The molecule has 0 saturated heterocycles. The van der Waals surface area contributed by atoms with Gasteiger partial charge in [-0.3, -0.25) is 0 Å². The highest BCUT2D eigenvalue weighted by Crippen LogP contribution is 2.22. The first-order valence-electron chi connectivity index (χ1n) is 8.41. The lowest BCUT2D eigenvalue weighted by atomic mass is 10.0. The largest absolute Gasteiger partial charge is 0.491 e. The van der Waals surface area contributed by atoms with E-state index in [9.17, 15) is 0 Å². The van der Waals surface area contributed by atoms with Gasteiger partial charge in [-0.15, -0.1) is 0 Å². The standard InChI is InChI=1S/C18H30N2O/c1-14(2)21-17-11-9-15(10-12-17)18(13-19)20-16-7-5-3-4-6-8-16/h9-12,14,16,18,20H,3-8,13,19H2,1-2H3. The van der Waals surface area contributed by atoms with Gasteiger partial charge in [0.1, 0.15) is 5.75 Å². The van der Waals surface area contributed by atoms with Crippen LogP contribution in [0.5, 0.6) is 5.75 Å². The molecule has 118 valence electrons. The molecule has 0 heterocycles. The van der Waals surface area contributed by atoms with E-state index in [2.05, 4.69) is 17.4 Å². The molecule has 1 unspecified atom stereocenters. The average Bonchev–Trinajstić information content (AvgIpc) is 2.74. The molecule has 1 atom stereocenters. The summed E-state index contributed by atoms with van der Waals surface area (Å²) in [7, 11) is 0. The minimum absolute atomic E-state index is 0.213. The molecular formula is C18H30N2O. The molecule has 1 saturated carbocycles. The van der Waals surface area contributed by atoms with Crippen molar-refractivity contribution < 1.29 is 4.74 Å². The van der Waals surface area contributed by atoms with Crippen LogP contribution in [0.3, 0.4) is 0 Å². The summed E-state index contributed by atoms with van der Waals surface area (Å²) in [5, 5.41) is 3.76. The summed E-state index contributed by atoms with van der Waals surface area (Å²) in [6, 6.07) is 9.24. The maximum absolute atomic E-state index is 5.99. The molecule has 0 amide bonds. The zero-order chi connectivity index (χ0) is 15.1. The molecule has 1 aliphatic rings. The molecule has 3 N–H and O–H groups in total. The van der Waals surface area contributed by atoms with Crippen LogP contribution in [0.1, 0.15) is 64.0 Å². The summed E-state index contributed by atoms with van der Waals surface area (Å²) in [5.41, 5.74) is 7.25. The first kappa shape index (κ1) is 16.3. The zero-order valence-electron chi connectivity index (χ0n) is 13.5. The van der Waals surface area contributed by atoms with Crippen LogP contribution in [-0.2, 0) is 0 Å². The molecule has 0 radical (unpaired) electrons. The highest BCUT2D eigenvalue weighted by atomic mass is 16.5. The minimum Gasteiger partial charge on any atom is -0.491 e. The van der Waals surface area contributed by atoms with E-state index in [-0.39, 0.29) is 12.1 Å². The molecule has 2 rings (SSSR count). The molecule has 1 aromatic rings. The molecule has 3 nitrogen and oxygen atoms in total. The van der Waals surface area contributed by atoms with Gasteiger partial charge >= 0.3 is 0 Å². The Morgan fingerprint density at radius 3 is 2.24 bits per heavy atom. The number of rotatable bonds is 6. The van der Waals surface area contributed by atoms with Gasteiger partial charge in [0.25, 0.3) is 0 Å². The van der Waals surface area contributed by atoms with Gasteiger partial charge in [-0.1, -0.05) is 37.8 Å². The Morgan fingerprint density at radius 1 is 1.10 bits per heavy atom. The Bertz CT molecular complexity index is 394. The molecular weight excluding hydrogens is 260 g/mol. The lowest BCUT2D eigenvalue weighted by Gasteiger charge is -2.24. The second kappa shape index (κ2) is 8.40. The maximum atomic E-state index is 5.99. The van der Waals surface area contributed by atoms with Gasteiger partial charge in [-0.2, -0.15) is 0 Å². The third-order valence-electron chi connectivity index (χ3n) is 4.18. The van der Waals surface area contributed by atoms with Crippen molar-refractivity contribution in [2.75, 3.05) is 6.54 Å². The van der Waals surface area contributed by atoms with E-state index in [1.54, 1.807) is 0 Å². The molecule has 1 aliphatic carbocycles. The summed E-state index contributed by atoms with van der Waals surface area (Å²) < 4.78 is 5.70. The van der Waals surface area contributed by atoms with Crippen molar-refractivity contribution >= 4 is 0 Å². The second-order valence-electron chi connectivity index (χ2n) is 6.38. The van der Waals surface area contributed by atoms with Gasteiger partial charge < -0.3 is 15.8 Å². The average molecular weight is 290 g/mol. The summed E-state index contributed by atoms with van der Waals surface area (Å²) >= 11 is 0. The number of hydrogen-bond acceptors (Lipinski definition) is 3. The number of ether oxygens (including phenoxy) is 1. The quantitative estimate of drug-likeness (QED) is 0.784. The Kier molecular flexibility index (Phi) is 6.52. The van der Waals surface area contributed by atoms with Crippen molar-refractivity contribution in [2.24, 2.45) is 5.73 Å². The molecule has 0 spiro atoms. The van der Waals surface area contributed by atoms with Gasteiger partial charge in [-0.05, 0) is 44.4 Å². The Morgan fingerprint density at radius 2 is 1.71 bits per heavy atom. The topological polar surface area (TPSA) is 47.3 Å². The van der Waals surface area contributed by atoms with Gasteiger partial charge in [0.2, 0.25) is 0 Å². The van der Waals surface area contributed by atoms with Gasteiger partial charge in [0, 0.05) is 18.6 Å². The van der Waals surface area contributed by atoms with Gasteiger partial charge in [0.15, 0.2) is 0 Å².